The molecule has 0 aliphatic heterocycles. The van der Waals surface area contributed by atoms with Crippen LogP contribution in [-0.4, -0.2) is 41.1 Å². The Hall–Kier alpha value is -2.53. The molecule has 26 heavy (non-hydrogen) atoms. The molecule has 3 aromatic heterocycles. The van der Waals surface area contributed by atoms with Gasteiger partial charge in [-0.15, -0.1) is 16.4 Å². The highest BCUT2D eigenvalue weighted by atomic mass is 32.2. The third kappa shape index (κ3) is 2.92. The number of nitrogens with zero attached hydrogens (tertiary/aromatic N) is 4. The van der Waals surface area contributed by atoms with E-state index in [0.29, 0.717) is 5.92 Å². The predicted molar refractivity (Wildman–Crippen MR) is 94.0 cm³/mol. The van der Waals surface area contributed by atoms with Crippen molar-refractivity contribution in [3.8, 4) is 0 Å². The topological polar surface area (TPSA) is 116 Å². The van der Waals surface area contributed by atoms with Gasteiger partial charge < -0.3 is 4.74 Å². The molecule has 0 atom stereocenters. The average Bonchev–Trinajstić information content (AvgIpc) is 3.18. The van der Waals surface area contributed by atoms with Crippen LogP contribution >= 0.6 is 11.3 Å². The van der Waals surface area contributed by atoms with Crippen LogP contribution in [0.1, 0.15) is 39.8 Å². The van der Waals surface area contributed by atoms with E-state index in [-0.39, 0.29) is 21.5 Å². The number of hydrogen-bond acceptors (Lipinski definition) is 8. The molecule has 3 heterocycles. The lowest BCUT2D eigenvalue weighted by atomic mass is 10.2. The average molecular weight is 393 g/mol. The van der Waals surface area contributed by atoms with E-state index in [9.17, 15) is 13.2 Å². The minimum absolute atomic E-state index is 0.132. The fraction of sp³-hybridized carbons (Fsp3) is 0.333. The van der Waals surface area contributed by atoms with Gasteiger partial charge in [0, 0.05) is 11.6 Å². The molecule has 9 nitrogen and oxygen atoms in total. The zero-order valence-electron chi connectivity index (χ0n) is 14.0. The summed E-state index contributed by atoms with van der Waals surface area (Å²) in [5.41, 5.74) is 1.80. The monoisotopic (exact) mass is 393 g/mol. The van der Waals surface area contributed by atoms with Gasteiger partial charge in [0.25, 0.3) is 21.0 Å². The Morgan fingerprint density at radius 3 is 2.85 bits per heavy atom. The summed E-state index contributed by atoms with van der Waals surface area (Å²) in [7, 11) is -2.84. The van der Waals surface area contributed by atoms with Gasteiger partial charge in [-0.1, -0.05) is 0 Å². The second kappa shape index (κ2) is 6.02. The number of hydrogen-bond donors (Lipinski definition) is 1. The fourth-order valence-electron chi connectivity index (χ4n) is 2.61. The molecule has 0 spiro atoms. The molecule has 4 rings (SSSR count). The van der Waals surface area contributed by atoms with Crippen LogP contribution in [0, 0.1) is 6.92 Å². The number of rotatable bonds is 5. The van der Waals surface area contributed by atoms with Crippen LogP contribution in [-0.2, 0) is 14.8 Å². The molecule has 0 radical (unpaired) electrons. The second-order valence-corrected chi connectivity index (χ2v) is 8.46. The molecule has 0 aromatic carbocycles. The van der Waals surface area contributed by atoms with Gasteiger partial charge in [-0.25, -0.2) is 9.78 Å². The van der Waals surface area contributed by atoms with Crippen molar-refractivity contribution in [2.75, 3.05) is 11.8 Å². The summed E-state index contributed by atoms with van der Waals surface area (Å²) < 4.78 is 33.9. The molecule has 1 fully saturated rings. The molecule has 136 valence electrons. The van der Waals surface area contributed by atoms with Gasteiger partial charge in [0.1, 0.15) is 4.88 Å². The van der Waals surface area contributed by atoms with Crippen LogP contribution in [0.15, 0.2) is 22.7 Å². The third-order valence-electron chi connectivity index (χ3n) is 3.96. The molecule has 1 aliphatic rings. The molecule has 0 bridgehead atoms. The van der Waals surface area contributed by atoms with Crippen LogP contribution in [0.4, 0.5) is 5.69 Å². The quantitative estimate of drug-likeness (QED) is 0.659. The van der Waals surface area contributed by atoms with Crippen LogP contribution in [0.3, 0.4) is 0 Å². The number of nitrogens with one attached hydrogen (secondary N) is 1. The van der Waals surface area contributed by atoms with Crippen molar-refractivity contribution in [3.05, 3.63) is 33.8 Å². The standard InChI is InChI=1S/C15H15N5O4S2/c1-8-7-11(9-3-4-9)20-14(16-8)17-15(18-20)26(22,23)19-10-5-6-25-12(10)13(21)24-2/h5-7,9,19H,3-4H2,1-2H3. The Balaban J connectivity index is 1.74. The van der Waals surface area contributed by atoms with Crippen molar-refractivity contribution >= 4 is 38.8 Å². The van der Waals surface area contributed by atoms with Crippen molar-refractivity contribution in [2.24, 2.45) is 0 Å². The summed E-state index contributed by atoms with van der Waals surface area (Å²) in [6, 6.07) is 3.39. The van der Waals surface area contributed by atoms with Gasteiger partial charge >= 0.3 is 5.97 Å². The first-order valence-electron chi connectivity index (χ1n) is 7.82. The lowest BCUT2D eigenvalue weighted by Gasteiger charge is -2.05. The van der Waals surface area contributed by atoms with Gasteiger partial charge in [-0.05, 0) is 37.3 Å². The molecule has 1 aliphatic carbocycles. The zero-order valence-corrected chi connectivity index (χ0v) is 15.6. The van der Waals surface area contributed by atoms with Crippen molar-refractivity contribution in [2.45, 2.75) is 30.8 Å². The molecule has 1 saturated carbocycles. The molecule has 11 heteroatoms. The second-order valence-electron chi connectivity index (χ2n) is 5.96. The van der Waals surface area contributed by atoms with Crippen LogP contribution < -0.4 is 4.72 Å². The van der Waals surface area contributed by atoms with Gasteiger partial charge in [-0.2, -0.15) is 17.9 Å². The molecular weight excluding hydrogens is 378 g/mol. The maximum atomic E-state index is 12.7. The number of esters is 1. The van der Waals surface area contributed by atoms with E-state index in [0.717, 1.165) is 35.6 Å². The first-order chi connectivity index (χ1) is 12.4. The summed E-state index contributed by atoms with van der Waals surface area (Å²) in [5, 5.41) is 5.35. The van der Waals surface area contributed by atoms with Crippen molar-refractivity contribution in [3.63, 3.8) is 0 Å². The van der Waals surface area contributed by atoms with Crippen molar-refractivity contribution in [1.29, 1.82) is 0 Å². The molecular formula is C15H15N5O4S2. The van der Waals surface area contributed by atoms with E-state index in [1.165, 1.54) is 17.7 Å². The molecule has 0 amide bonds. The van der Waals surface area contributed by atoms with Crippen molar-refractivity contribution in [1.82, 2.24) is 19.6 Å². The number of carbonyl (C=O) groups excluding carboxylic acids is 1. The highest BCUT2D eigenvalue weighted by molar-refractivity contribution is 7.92. The van der Waals surface area contributed by atoms with Crippen LogP contribution in [0.2, 0.25) is 0 Å². The summed E-state index contributed by atoms with van der Waals surface area (Å²) in [5.74, 6) is -0.0213. The van der Waals surface area contributed by atoms with Crippen molar-refractivity contribution < 1.29 is 17.9 Å². The summed E-state index contributed by atoms with van der Waals surface area (Å²) in [6.45, 7) is 1.83. The Kier molecular flexibility index (Phi) is 3.92. The first kappa shape index (κ1) is 16.9. The summed E-state index contributed by atoms with van der Waals surface area (Å²) in [6.07, 6.45) is 2.08. The van der Waals surface area contributed by atoms with E-state index in [1.807, 2.05) is 13.0 Å². The maximum absolute atomic E-state index is 12.7. The first-order valence-corrected chi connectivity index (χ1v) is 10.2. The number of carbonyl (C=O) groups is 1. The van der Waals surface area contributed by atoms with E-state index < -0.39 is 16.0 Å². The number of sulfonamides is 1. The Morgan fingerprint density at radius 1 is 1.38 bits per heavy atom. The smallest absolute Gasteiger partial charge is 0.350 e. The molecule has 0 saturated heterocycles. The number of anilines is 1. The van der Waals surface area contributed by atoms with E-state index in [4.69, 9.17) is 0 Å². The van der Waals surface area contributed by atoms with Gasteiger partial charge in [0.05, 0.1) is 18.5 Å². The minimum Gasteiger partial charge on any atom is -0.465 e. The Morgan fingerprint density at radius 2 is 2.15 bits per heavy atom. The number of thiophene rings is 1. The Labute approximate surface area is 153 Å². The molecule has 1 N–H and O–H groups in total. The van der Waals surface area contributed by atoms with Crippen LogP contribution in [0.5, 0.6) is 0 Å². The fourth-order valence-corrected chi connectivity index (χ4v) is 4.38. The molecule has 0 unspecified atom stereocenters. The highest BCUT2D eigenvalue weighted by Gasteiger charge is 2.30. The Bertz CT molecular complexity index is 1110. The highest BCUT2D eigenvalue weighted by Crippen LogP contribution is 2.40. The summed E-state index contributed by atoms with van der Waals surface area (Å²) >= 11 is 1.08. The van der Waals surface area contributed by atoms with Crippen LogP contribution in [0.25, 0.3) is 5.78 Å². The van der Waals surface area contributed by atoms with E-state index in [1.54, 1.807) is 5.38 Å². The SMILES string of the molecule is COC(=O)c1sccc1NS(=O)(=O)c1nc2nc(C)cc(C3CC3)n2n1. The number of methoxy groups -OCH3 is 1. The number of ether oxygens (including phenoxy) is 1. The normalized spacial score (nSPS) is 14.5. The lowest BCUT2D eigenvalue weighted by Crippen LogP contribution is -2.16. The lowest BCUT2D eigenvalue weighted by molar-refractivity contribution is 0.0607. The maximum Gasteiger partial charge on any atom is 0.350 e. The number of aryl methyl sites for hydroxylation is 1. The van der Waals surface area contributed by atoms with Gasteiger partial charge in [0.15, 0.2) is 0 Å². The molecule has 3 aromatic rings. The van der Waals surface area contributed by atoms with Gasteiger partial charge in [-0.3, -0.25) is 4.72 Å². The third-order valence-corrected chi connectivity index (χ3v) is 6.00. The largest absolute Gasteiger partial charge is 0.465 e. The minimum atomic E-state index is -4.08. The number of fused-ring (bicyclic) bond motifs is 1. The van der Waals surface area contributed by atoms with E-state index in [2.05, 4.69) is 24.5 Å². The van der Waals surface area contributed by atoms with E-state index >= 15 is 0 Å². The predicted octanol–water partition coefficient (Wildman–Crippen LogP) is 1.96. The number of aromatic nitrogens is 4. The zero-order chi connectivity index (χ0) is 18.5. The van der Waals surface area contributed by atoms with Gasteiger partial charge in [0.2, 0.25) is 0 Å². The summed E-state index contributed by atoms with van der Waals surface area (Å²) in [4.78, 5) is 20.2.